The van der Waals surface area contributed by atoms with E-state index in [9.17, 15) is 28.0 Å². The van der Waals surface area contributed by atoms with Gasteiger partial charge >= 0.3 is 6.09 Å². The van der Waals surface area contributed by atoms with E-state index in [0.29, 0.717) is 4.34 Å². The van der Waals surface area contributed by atoms with Crippen LogP contribution in [-0.2, 0) is 19.1 Å². The highest BCUT2D eigenvalue weighted by Crippen LogP contribution is 2.32. The Kier molecular flexibility index (Phi) is 8.95. The summed E-state index contributed by atoms with van der Waals surface area (Å²) in [7, 11) is 1.08. The molecule has 1 fully saturated rings. The van der Waals surface area contributed by atoms with Crippen LogP contribution in [0.1, 0.15) is 21.7 Å². The number of benzene rings is 1. The summed E-state index contributed by atoms with van der Waals surface area (Å²) in [5, 5.41) is 7.08. The van der Waals surface area contributed by atoms with Crippen LogP contribution >= 0.6 is 22.9 Å². The molecule has 1 aliphatic heterocycles. The molecule has 35 heavy (non-hydrogen) atoms. The molecule has 10 nitrogen and oxygen atoms in total. The molecular weight excluding hydrogens is 510 g/mol. The molecule has 3 N–H and O–H groups in total. The van der Waals surface area contributed by atoms with Gasteiger partial charge in [-0.05, 0) is 30.3 Å². The van der Waals surface area contributed by atoms with E-state index in [-0.39, 0.29) is 48.5 Å². The van der Waals surface area contributed by atoms with Gasteiger partial charge in [0.25, 0.3) is 18.2 Å². The first-order valence-corrected chi connectivity index (χ1v) is 11.4. The Labute approximate surface area is 207 Å². The van der Waals surface area contributed by atoms with Crippen molar-refractivity contribution in [3.8, 4) is 0 Å². The molecule has 0 bridgehead atoms. The second-order valence-electron chi connectivity index (χ2n) is 7.16. The summed E-state index contributed by atoms with van der Waals surface area (Å²) in [6.45, 7) is -0.0571. The fourth-order valence-electron chi connectivity index (χ4n) is 3.15. The van der Waals surface area contributed by atoms with Crippen LogP contribution in [0.5, 0.6) is 0 Å². The molecule has 0 radical (unpaired) electrons. The Morgan fingerprint density at radius 1 is 1.26 bits per heavy atom. The molecule has 0 aliphatic carbocycles. The number of hydrogen-bond acceptors (Lipinski definition) is 7. The summed E-state index contributed by atoms with van der Waals surface area (Å²) in [6, 6.07) is 5.41. The van der Waals surface area contributed by atoms with E-state index in [1.165, 1.54) is 29.2 Å². The normalized spacial score (nSPS) is 14.4. The van der Waals surface area contributed by atoms with Crippen molar-refractivity contribution < 1.29 is 37.4 Å². The van der Waals surface area contributed by atoms with E-state index in [2.05, 4.69) is 20.7 Å². The van der Waals surface area contributed by atoms with Crippen LogP contribution in [0.15, 0.2) is 30.3 Å². The van der Waals surface area contributed by atoms with Crippen molar-refractivity contribution in [1.82, 2.24) is 10.6 Å². The van der Waals surface area contributed by atoms with Crippen molar-refractivity contribution in [1.29, 1.82) is 0 Å². The summed E-state index contributed by atoms with van der Waals surface area (Å²) in [5.74, 6) is -1.80. The summed E-state index contributed by atoms with van der Waals surface area (Å²) >= 11 is 6.83. The van der Waals surface area contributed by atoms with Gasteiger partial charge in [0.1, 0.15) is 12.6 Å². The first kappa shape index (κ1) is 26.3. The minimum absolute atomic E-state index is 0.160. The molecule has 4 amide bonds. The van der Waals surface area contributed by atoms with Gasteiger partial charge in [0.05, 0.1) is 22.9 Å². The first-order valence-electron chi connectivity index (χ1n) is 10.2. The summed E-state index contributed by atoms with van der Waals surface area (Å²) in [4.78, 5) is 50.5. The van der Waals surface area contributed by atoms with Gasteiger partial charge in [-0.15, -0.1) is 11.3 Å². The number of alkyl halides is 2. The van der Waals surface area contributed by atoms with Gasteiger partial charge in [-0.25, -0.2) is 13.6 Å². The van der Waals surface area contributed by atoms with Crippen molar-refractivity contribution in [3.63, 3.8) is 0 Å². The number of carbonyl (C=O) groups is 4. The standard InChI is InChI=1S/C21H21ClF2N4O6S/c1-33-21(32)27-14(9-25-20(31)15-4-5-16(22)35-15)19(30)26-13-3-2-11(8-12(13)18(23)24)28-6-7-34-10-17(28)29/h2-5,8,14,18H,6-7,9-10H2,1H3,(H,25,31)(H,26,30)(H,27,32). The Morgan fingerprint density at radius 2 is 2.03 bits per heavy atom. The zero-order chi connectivity index (χ0) is 25.5. The van der Waals surface area contributed by atoms with Crippen molar-refractivity contribution in [2.45, 2.75) is 12.5 Å². The number of alkyl carbamates (subject to hydrolysis) is 1. The number of carbonyl (C=O) groups excluding carboxylic acids is 4. The third-order valence-corrected chi connectivity index (χ3v) is 6.11. The predicted octanol–water partition coefficient (Wildman–Crippen LogP) is 2.80. The fourth-order valence-corrected chi connectivity index (χ4v) is 4.11. The lowest BCUT2D eigenvalue weighted by atomic mass is 10.1. The lowest BCUT2D eigenvalue weighted by molar-refractivity contribution is -0.125. The number of thiophene rings is 1. The van der Waals surface area contributed by atoms with Gasteiger partial charge in [0.2, 0.25) is 5.91 Å². The minimum Gasteiger partial charge on any atom is -0.453 e. The van der Waals surface area contributed by atoms with Crippen molar-refractivity contribution >= 4 is 58.1 Å². The summed E-state index contributed by atoms with van der Waals surface area (Å²) in [6.07, 6.45) is -3.94. The molecule has 14 heteroatoms. The van der Waals surface area contributed by atoms with Crippen molar-refractivity contribution in [2.75, 3.05) is 43.6 Å². The number of methoxy groups -OCH3 is 1. The molecule has 1 saturated heterocycles. The maximum atomic E-state index is 13.8. The third kappa shape index (κ3) is 6.87. The lowest BCUT2D eigenvalue weighted by Crippen LogP contribution is -2.50. The Hall–Kier alpha value is -3.29. The monoisotopic (exact) mass is 530 g/mol. The van der Waals surface area contributed by atoms with Gasteiger partial charge in [0, 0.05) is 30.0 Å². The molecule has 2 aromatic rings. The van der Waals surface area contributed by atoms with Gasteiger partial charge in [-0.2, -0.15) is 0 Å². The zero-order valence-corrected chi connectivity index (χ0v) is 19.9. The van der Waals surface area contributed by atoms with E-state index in [0.717, 1.165) is 24.5 Å². The minimum atomic E-state index is -2.98. The largest absolute Gasteiger partial charge is 0.453 e. The smallest absolute Gasteiger partial charge is 0.407 e. The molecule has 188 valence electrons. The second-order valence-corrected chi connectivity index (χ2v) is 8.88. The number of morpholine rings is 1. The number of amides is 4. The molecule has 0 spiro atoms. The molecule has 2 heterocycles. The molecule has 1 aliphatic rings. The molecule has 3 rings (SSSR count). The van der Waals surface area contributed by atoms with E-state index in [4.69, 9.17) is 16.3 Å². The second kappa shape index (κ2) is 11.9. The third-order valence-electron chi connectivity index (χ3n) is 4.88. The highest BCUT2D eigenvalue weighted by molar-refractivity contribution is 7.18. The Morgan fingerprint density at radius 3 is 2.66 bits per heavy atom. The first-order chi connectivity index (χ1) is 16.7. The van der Waals surface area contributed by atoms with Crippen molar-refractivity contribution in [2.24, 2.45) is 0 Å². The summed E-state index contributed by atoms with van der Waals surface area (Å²) in [5.41, 5.74) is -0.510. The number of ether oxygens (including phenoxy) is 2. The van der Waals surface area contributed by atoms with Crippen LogP contribution in [0.4, 0.5) is 25.0 Å². The van der Waals surface area contributed by atoms with Gasteiger partial charge in [-0.1, -0.05) is 11.6 Å². The van der Waals surface area contributed by atoms with E-state index >= 15 is 0 Å². The number of hydrogen-bond donors (Lipinski definition) is 3. The predicted molar refractivity (Wildman–Crippen MR) is 124 cm³/mol. The quantitative estimate of drug-likeness (QED) is 0.482. The highest BCUT2D eigenvalue weighted by atomic mass is 35.5. The zero-order valence-electron chi connectivity index (χ0n) is 18.3. The van der Waals surface area contributed by atoms with Gasteiger partial charge in [0.15, 0.2) is 0 Å². The number of anilines is 2. The van der Waals surface area contributed by atoms with Gasteiger partial charge in [-0.3, -0.25) is 14.4 Å². The topological polar surface area (TPSA) is 126 Å². The maximum Gasteiger partial charge on any atom is 0.407 e. The molecule has 1 unspecified atom stereocenters. The van der Waals surface area contributed by atoms with Gasteiger partial charge < -0.3 is 30.3 Å². The van der Waals surface area contributed by atoms with Crippen LogP contribution < -0.4 is 20.9 Å². The molecule has 1 aromatic carbocycles. The highest BCUT2D eigenvalue weighted by Gasteiger charge is 2.26. The number of halogens is 3. The number of nitrogens with one attached hydrogen (secondary N) is 3. The molecule has 0 saturated carbocycles. The Bertz CT molecular complexity index is 1120. The van der Waals surface area contributed by atoms with Crippen LogP contribution in [0.2, 0.25) is 4.34 Å². The summed E-state index contributed by atoms with van der Waals surface area (Å²) < 4.78 is 37.5. The van der Waals surface area contributed by atoms with E-state index < -0.39 is 35.9 Å². The number of rotatable bonds is 8. The van der Waals surface area contributed by atoms with E-state index in [1.807, 2.05) is 0 Å². The van der Waals surface area contributed by atoms with Crippen LogP contribution in [0.25, 0.3) is 0 Å². The SMILES string of the molecule is COC(=O)NC(CNC(=O)c1ccc(Cl)s1)C(=O)Nc1ccc(N2CCOCC2=O)cc1C(F)F. The van der Waals surface area contributed by atoms with E-state index in [1.54, 1.807) is 0 Å². The van der Waals surface area contributed by atoms with Crippen LogP contribution in [0, 0.1) is 0 Å². The van der Waals surface area contributed by atoms with Crippen LogP contribution in [-0.4, -0.2) is 63.3 Å². The average molecular weight is 531 g/mol. The lowest BCUT2D eigenvalue weighted by Gasteiger charge is -2.27. The average Bonchev–Trinajstić information content (AvgIpc) is 3.28. The van der Waals surface area contributed by atoms with Crippen LogP contribution in [0.3, 0.4) is 0 Å². The fraction of sp³-hybridized carbons (Fsp3) is 0.333. The molecular formula is C21H21ClF2N4O6S. The maximum absolute atomic E-state index is 13.8. The molecule has 1 aromatic heterocycles. The van der Waals surface area contributed by atoms with Crippen molar-refractivity contribution in [3.05, 3.63) is 45.1 Å². The number of nitrogens with zero attached hydrogens (tertiary/aromatic N) is 1. The molecule has 1 atom stereocenters. The Balaban J connectivity index is 1.76.